The molecule has 1 amide bonds. The van der Waals surface area contributed by atoms with Crippen LogP contribution in [0.2, 0.25) is 0 Å². The number of rotatable bonds is 6. The lowest BCUT2D eigenvalue weighted by atomic mass is 10.2. The summed E-state index contributed by atoms with van der Waals surface area (Å²) in [7, 11) is 3.42. The number of hydrogen-bond donors (Lipinski definition) is 2. The number of carbonyl (C=O) groups excluding carboxylic acids is 1. The molecule has 7 nitrogen and oxygen atoms in total. The number of ether oxygens (including phenoxy) is 1. The van der Waals surface area contributed by atoms with Crippen LogP contribution in [0, 0.1) is 0 Å². The number of anilines is 1. The summed E-state index contributed by atoms with van der Waals surface area (Å²) < 4.78 is 6.92. The molecule has 0 fully saturated rings. The Morgan fingerprint density at radius 3 is 2.67 bits per heavy atom. The van der Waals surface area contributed by atoms with Crippen LogP contribution in [0.4, 0.5) is 5.69 Å². The smallest absolute Gasteiger partial charge is 0.227 e. The van der Waals surface area contributed by atoms with E-state index in [0.717, 1.165) is 17.1 Å². The molecule has 0 spiro atoms. The van der Waals surface area contributed by atoms with Crippen LogP contribution in [-0.4, -0.2) is 40.4 Å². The van der Waals surface area contributed by atoms with Crippen LogP contribution in [0.5, 0.6) is 0 Å². The summed E-state index contributed by atoms with van der Waals surface area (Å²) in [6.07, 6.45) is 1.61. The van der Waals surface area contributed by atoms with Gasteiger partial charge in [-0.1, -0.05) is 0 Å². The van der Waals surface area contributed by atoms with Gasteiger partial charge in [0.25, 0.3) is 0 Å². The summed E-state index contributed by atoms with van der Waals surface area (Å²) in [5, 5.41) is 10.7. The van der Waals surface area contributed by atoms with Crippen LogP contribution in [0.15, 0.2) is 30.6 Å². The van der Waals surface area contributed by atoms with E-state index >= 15 is 0 Å². The van der Waals surface area contributed by atoms with E-state index < -0.39 is 0 Å². The van der Waals surface area contributed by atoms with Crippen molar-refractivity contribution in [3.63, 3.8) is 0 Å². The first-order valence-corrected chi connectivity index (χ1v) is 6.61. The molecular formula is C14H19N5O2. The van der Waals surface area contributed by atoms with Gasteiger partial charge >= 0.3 is 0 Å². The van der Waals surface area contributed by atoms with Crippen molar-refractivity contribution in [1.82, 2.24) is 14.8 Å². The van der Waals surface area contributed by atoms with Gasteiger partial charge in [-0.2, -0.15) is 0 Å². The summed E-state index contributed by atoms with van der Waals surface area (Å²) in [5.74, 6) is 0.647. The zero-order valence-electron chi connectivity index (χ0n) is 12.1. The molecule has 0 aliphatic rings. The summed E-state index contributed by atoms with van der Waals surface area (Å²) in [6.45, 7) is 0.315. The van der Waals surface area contributed by atoms with Crippen molar-refractivity contribution in [3.8, 4) is 11.4 Å². The number of nitrogens with one attached hydrogen (secondary N) is 1. The fourth-order valence-electron chi connectivity index (χ4n) is 1.93. The van der Waals surface area contributed by atoms with Crippen molar-refractivity contribution in [2.75, 3.05) is 19.0 Å². The van der Waals surface area contributed by atoms with Crippen molar-refractivity contribution >= 4 is 11.6 Å². The zero-order valence-corrected chi connectivity index (χ0v) is 12.1. The molecule has 1 heterocycles. The van der Waals surface area contributed by atoms with Gasteiger partial charge in [0.1, 0.15) is 6.33 Å². The van der Waals surface area contributed by atoms with E-state index in [1.54, 1.807) is 13.4 Å². The van der Waals surface area contributed by atoms with Crippen molar-refractivity contribution in [2.24, 2.45) is 12.8 Å². The number of aryl methyl sites for hydroxylation is 1. The Kier molecular flexibility index (Phi) is 5.02. The number of hydrogen-bond acceptors (Lipinski definition) is 5. The summed E-state index contributed by atoms with van der Waals surface area (Å²) in [4.78, 5) is 11.8. The fraction of sp³-hybridized carbons (Fsp3) is 0.357. The van der Waals surface area contributed by atoms with Crippen molar-refractivity contribution in [1.29, 1.82) is 0 Å². The minimum absolute atomic E-state index is 0.126. The number of aromatic nitrogens is 3. The molecule has 0 aliphatic heterocycles. The van der Waals surface area contributed by atoms with Gasteiger partial charge in [-0.05, 0) is 24.3 Å². The minimum Gasteiger partial charge on any atom is -0.380 e. The SMILES string of the molecule is COC(CN)CC(=O)Nc1ccc(-c2nncn2C)cc1. The predicted molar refractivity (Wildman–Crippen MR) is 79.5 cm³/mol. The van der Waals surface area contributed by atoms with Crippen molar-refractivity contribution < 1.29 is 9.53 Å². The van der Waals surface area contributed by atoms with Gasteiger partial charge in [-0.25, -0.2) is 0 Å². The molecule has 7 heteroatoms. The molecule has 1 aromatic heterocycles. The quantitative estimate of drug-likeness (QED) is 0.819. The average Bonchev–Trinajstić information content (AvgIpc) is 2.92. The van der Waals surface area contributed by atoms with Gasteiger partial charge in [0.15, 0.2) is 5.82 Å². The second kappa shape index (κ2) is 6.96. The highest BCUT2D eigenvalue weighted by atomic mass is 16.5. The molecule has 2 rings (SSSR count). The highest BCUT2D eigenvalue weighted by Gasteiger charge is 2.11. The molecule has 0 aliphatic carbocycles. The van der Waals surface area contributed by atoms with Gasteiger partial charge in [0.2, 0.25) is 5.91 Å². The van der Waals surface area contributed by atoms with E-state index in [9.17, 15) is 4.79 Å². The molecule has 0 radical (unpaired) electrons. The van der Waals surface area contributed by atoms with Crippen molar-refractivity contribution in [3.05, 3.63) is 30.6 Å². The molecule has 3 N–H and O–H groups in total. The number of nitrogens with two attached hydrogens (primary N) is 1. The van der Waals surface area contributed by atoms with Crippen LogP contribution in [0.3, 0.4) is 0 Å². The molecule has 0 saturated heterocycles. The third kappa shape index (κ3) is 3.87. The average molecular weight is 289 g/mol. The Bertz CT molecular complexity index is 590. The Balaban J connectivity index is 2.00. The number of nitrogens with zero attached hydrogens (tertiary/aromatic N) is 3. The van der Waals surface area contributed by atoms with Crippen LogP contribution in [0.25, 0.3) is 11.4 Å². The largest absolute Gasteiger partial charge is 0.380 e. The number of methoxy groups -OCH3 is 1. The normalized spacial score (nSPS) is 12.1. The number of amides is 1. The van der Waals surface area contributed by atoms with E-state index in [-0.39, 0.29) is 18.4 Å². The summed E-state index contributed by atoms with van der Waals surface area (Å²) in [5.41, 5.74) is 7.15. The maximum Gasteiger partial charge on any atom is 0.227 e. The Morgan fingerprint density at radius 2 is 2.14 bits per heavy atom. The molecule has 0 bridgehead atoms. The maximum absolute atomic E-state index is 11.8. The lowest BCUT2D eigenvalue weighted by molar-refractivity contribution is -0.118. The predicted octanol–water partition coefficient (Wildman–Crippen LogP) is 0.784. The number of carbonyl (C=O) groups is 1. The second-order valence-electron chi connectivity index (χ2n) is 4.69. The van der Waals surface area contributed by atoms with E-state index in [0.29, 0.717) is 6.54 Å². The molecule has 1 aromatic carbocycles. The maximum atomic E-state index is 11.8. The van der Waals surface area contributed by atoms with Crippen LogP contribution in [0.1, 0.15) is 6.42 Å². The van der Waals surface area contributed by atoms with E-state index in [1.807, 2.05) is 35.9 Å². The standard InChI is InChI=1S/C14H19N5O2/c1-19-9-16-18-14(19)10-3-5-11(6-4-10)17-13(20)7-12(8-15)21-2/h3-6,9,12H,7-8,15H2,1-2H3,(H,17,20). The topological polar surface area (TPSA) is 95.1 Å². The Hall–Kier alpha value is -2.25. The summed E-state index contributed by atoms with van der Waals surface area (Å²) >= 11 is 0. The fourth-order valence-corrected chi connectivity index (χ4v) is 1.93. The third-order valence-corrected chi connectivity index (χ3v) is 3.15. The molecule has 112 valence electrons. The van der Waals surface area contributed by atoms with Crippen molar-refractivity contribution in [2.45, 2.75) is 12.5 Å². The second-order valence-corrected chi connectivity index (χ2v) is 4.69. The molecule has 2 aromatic rings. The molecule has 1 unspecified atom stereocenters. The van der Waals surface area contributed by atoms with Gasteiger partial charge < -0.3 is 20.4 Å². The van der Waals surface area contributed by atoms with Crippen LogP contribution >= 0.6 is 0 Å². The summed E-state index contributed by atoms with van der Waals surface area (Å²) in [6, 6.07) is 7.42. The number of benzene rings is 1. The zero-order chi connectivity index (χ0) is 15.2. The lowest BCUT2D eigenvalue weighted by Gasteiger charge is -2.12. The van der Waals surface area contributed by atoms with Crippen LogP contribution < -0.4 is 11.1 Å². The van der Waals surface area contributed by atoms with E-state index in [2.05, 4.69) is 15.5 Å². The molecular weight excluding hydrogens is 270 g/mol. The highest BCUT2D eigenvalue weighted by Crippen LogP contribution is 2.18. The van der Waals surface area contributed by atoms with E-state index in [4.69, 9.17) is 10.5 Å². The Labute approximate surface area is 123 Å². The first-order chi connectivity index (χ1) is 10.1. The van der Waals surface area contributed by atoms with Gasteiger partial charge in [0.05, 0.1) is 12.5 Å². The minimum atomic E-state index is -0.261. The lowest BCUT2D eigenvalue weighted by Crippen LogP contribution is -2.28. The molecule has 1 atom stereocenters. The first kappa shape index (κ1) is 15.1. The van der Waals surface area contributed by atoms with Crippen LogP contribution in [-0.2, 0) is 16.6 Å². The van der Waals surface area contributed by atoms with E-state index in [1.165, 1.54) is 0 Å². The van der Waals surface area contributed by atoms with Gasteiger partial charge in [0, 0.05) is 32.0 Å². The van der Waals surface area contributed by atoms with Gasteiger partial charge in [-0.3, -0.25) is 4.79 Å². The highest BCUT2D eigenvalue weighted by molar-refractivity contribution is 5.91. The Morgan fingerprint density at radius 1 is 1.43 bits per heavy atom. The molecule has 0 saturated carbocycles. The van der Waals surface area contributed by atoms with Gasteiger partial charge in [-0.15, -0.1) is 10.2 Å². The monoisotopic (exact) mass is 289 g/mol. The molecule has 21 heavy (non-hydrogen) atoms. The first-order valence-electron chi connectivity index (χ1n) is 6.61. The third-order valence-electron chi connectivity index (χ3n) is 3.15.